The van der Waals surface area contributed by atoms with Crippen LogP contribution in [0.15, 0.2) is 53.3 Å². The Kier molecular flexibility index (Phi) is 4.75. The molecule has 0 aliphatic carbocycles. The van der Waals surface area contributed by atoms with Gasteiger partial charge in [-0.3, -0.25) is 4.98 Å². The Morgan fingerprint density at radius 2 is 2.05 bits per heavy atom. The molecule has 0 spiro atoms. The van der Waals surface area contributed by atoms with Gasteiger partial charge in [0.2, 0.25) is 0 Å². The van der Waals surface area contributed by atoms with Crippen molar-refractivity contribution in [3.05, 3.63) is 58.8 Å². The van der Waals surface area contributed by atoms with Crippen molar-refractivity contribution in [2.24, 2.45) is 0 Å². The van der Waals surface area contributed by atoms with Crippen molar-refractivity contribution in [2.75, 3.05) is 6.61 Å². The molecule has 0 aliphatic rings. The van der Waals surface area contributed by atoms with E-state index in [2.05, 4.69) is 27.0 Å². The second kappa shape index (κ2) is 6.53. The molecule has 1 aromatic heterocycles. The van der Waals surface area contributed by atoms with Crippen LogP contribution in [0.1, 0.15) is 18.9 Å². The Hall–Kier alpha value is -1.86. The summed E-state index contributed by atoms with van der Waals surface area (Å²) >= 11 is 3.38. The Morgan fingerprint density at radius 1 is 1.30 bits per heavy atom. The SMILES string of the molecule is CCC(C#N)(COc1ccc(Br)cc1)c1cccnc1. The number of pyridine rings is 1. The molecule has 0 bridgehead atoms. The van der Waals surface area contributed by atoms with Crippen LogP contribution in [0.4, 0.5) is 0 Å². The molecule has 0 aliphatic heterocycles. The minimum atomic E-state index is -0.665. The summed E-state index contributed by atoms with van der Waals surface area (Å²) in [7, 11) is 0. The highest BCUT2D eigenvalue weighted by Gasteiger charge is 2.31. The van der Waals surface area contributed by atoms with Gasteiger partial charge in [-0.25, -0.2) is 0 Å². The summed E-state index contributed by atoms with van der Waals surface area (Å²) in [5.41, 5.74) is 0.226. The van der Waals surface area contributed by atoms with Crippen LogP contribution in [0.5, 0.6) is 5.75 Å². The maximum atomic E-state index is 9.59. The molecule has 1 aromatic carbocycles. The lowest BCUT2D eigenvalue weighted by atomic mass is 9.81. The number of benzene rings is 1. The molecule has 0 fully saturated rings. The van der Waals surface area contributed by atoms with Crippen molar-refractivity contribution < 1.29 is 4.74 Å². The van der Waals surface area contributed by atoms with Crippen LogP contribution in [-0.4, -0.2) is 11.6 Å². The van der Waals surface area contributed by atoms with Crippen LogP contribution in [0.25, 0.3) is 0 Å². The molecule has 4 heteroatoms. The Bertz CT molecular complexity index is 592. The highest BCUT2D eigenvalue weighted by atomic mass is 79.9. The van der Waals surface area contributed by atoms with E-state index >= 15 is 0 Å². The monoisotopic (exact) mass is 330 g/mol. The number of ether oxygens (including phenoxy) is 1. The van der Waals surface area contributed by atoms with Gasteiger partial charge in [-0.05, 0) is 42.3 Å². The van der Waals surface area contributed by atoms with Crippen LogP contribution >= 0.6 is 15.9 Å². The molecule has 1 unspecified atom stereocenters. The fraction of sp³-hybridized carbons (Fsp3) is 0.250. The largest absolute Gasteiger partial charge is 0.492 e. The van der Waals surface area contributed by atoms with Crippen molar-refractivity contribution in [3.63, 3.8) is 0 Å². The third kappa shape index (κ3) is 3.17. The minimum absolute atomic E-state index is 0.313. The Morgan fingerprint density at radius 3 is 2.60 bits per heavy atom. The zero-order valence-electron chi connectivity index (χ0n) is 11.2. The van der Waals surface area contributed by atoms with Gasteiger partial charge in [0.05, 0.1) is 6.07 Å². The molecule has 0 N–H and O–H groups in total. The topological polar surface area (TPSA) is 45.9 Å². The maximum absolute atomic E-state index is 9.59. The molecular weight excluding hydrogens is 316 g/mol. The van der Waals surface area contributed by atoms with E-state index in [1.165, 1.54) is 0 Å². The normalized spacial score (nSPS) is 13.2. The lowest BCUT2D eigenvalue weighted by Gasteiger charge is -2.25. The van der Waals surface area contributed by atoms with Crippen molar-refractivity contribution in [1.82, 2.24) is 4.98 Å². The Balaban J connectivity index is 2.18. The second-order valence-corrected chi connectivity index (χ2v) is 5.45. The van der Waals surface area contributed by atoms with E-state index in [0.717, 1.165) is 15.8 Å². The third-order valence-electron chi connectivity index (χ3n) is 3.33. The lowest BCUT2D eigenvalue weighted by molar-refractivity contribution is 0.247. The van der Waals surface area contributed by atoms with E-state index in [1.807, 2.05) is 43.3 Å². The van der Waals surface area contributed by atoms with Crippen LogP contribution < -0.4 is 4.74 Å². The van der Waals surface area contributed by atoms with E-state index in [4.69, 9.17) is 4.74 Å². The fourth-order valence-corrected chi connectivity index (χ4v) is 2.21. The van der Waals surface area contributed by atoms with Gasteiger partial charge in [-0.2, -0.15) is 5.26 Å². The zero-order chi connectivity index (χ0) is 14.4. The van der Waals surface area contributed by atoms with E-state index in [9.17, 15) is 5.26 Å². The minimum Gasteiger partial charge on any atom is -0.492 e. The quantitative estimate of drug-likeness (QED) is 0.829. The first kappa shape index (κ1) is 14.5. The second-order valence-electron chi connectivity index (χ2n) is 4.53. The molecular formula is C16H15BrN2O. The van der Waals surface area contributed by atoms with Gasteiger partial charge in [0.15, 0.2) is 0 Å². The van der Waals surface area contributed by atoms with Gasteiger partial charge in [0.1, 0.15) is 17.8 Å². The summed E-state index contributed by atoms with van der Waals surface area (Å²) < 4.78 is 6.79. The van der Waals surface area contributed by atoms with Crippen LogP contribution in [0.2, 0.25) is 0 Å². The molecule has 1 heterocycles. The highest BCUT2D eigenvalue weighted by Crippen LogP contribution is 2.28. The molecule has 0 saturated carbocycles. The van der Waals surface area contributed by atoms with Gasteiger partial charge in [0.25, 0.3) is 0 Å². The summed E-state index contributed by atoms with van der Waals surface area (Å²) in [6, 6.07) is 13.7. The van der Waals surface area contributed by atoms with Crippen LogP contribution in [0, 0.1) is 11.3 Å². The van der Waals surface area contributed by atoms with E-state index in [-0.39, 0.29) is 0 Å². The number of nitriles is 1. The fourth-order valence-electron chi connectivity index (χ4n) is 1.95. The van der Waals surface area contributed by atoms with E-state index in [0.29, 0.717) is 13.0 Å². The van der Waals surface area contributed by atoms with Crippen LogP contribution in [-0.2, 0) is 5.41 Å². The number of nitrogens with zero attached hydrogens (tertiary/aromatic N) is 2. The Labute approximate surface area is 127 Å². The van der Waals surface area contributed by atoms with Gasteiger partial charge < -0.3 is 4.74 Å². The molecule has 0 amide bonds. The summed E-state index contributed by atoms with van der Waals surface area (Å²) in [6.07, 6.45) is 4.11. The third-order valence-corrected chi connectivity index (χ3v) is 3.86. The van der Waals surface area contributed by atoms with Gasteiger partial charge in [-0.1, -0.05) is 28.9 Å². The highest BCUT2D eigenvalue weighted by molar-refractivity contribution is 9.10. The maximum Gasteiger partial charge on any atom is 0.119 e. The average molecular weight is 331 g/mol. The number of rotatable bonds is 5. The average Bonchev–Trinajstić information content (AvgIpc) is 2.51. The first-order chi connectivity index (χ1) is 9.70. The van der Waals surface area contributed by atoms with Crippen molar-refractivity contribution >= 4 is 15.9 Å². The van der Waals surface area contributed by atoms with Gasteiger partial charge >= 0.3 is 0 Å². The van der Waals surface area contributed by atoms with Crippen LogP contribution in [0.3, 0.4) is 0 Å². The molecule has 3 nitrogen and oxygen atoms in total. The standard InChI is InChI=1S/C16H15BrN2O/c1-2-16(11-18,13-4-3-9-19-10-13)12-20-15-7-5-14(17)6-8-15/h3-10H,2,12H2,1H3. The van der Waals surface area contributed by atoms with E-state index in [1.54, 1.807) is 12.4 Å². The van der Waals surface area contributed by atoms with Crippen molar-refractivity contribution in [1.29, 1.82) is 5.26 Å². The van der Waals surface area contributed by atoms with Gasteiger partial charge in [-0.15, -0.1) is 0 Å². The summed E-state index contributed by atoms with van der Waals surface area (Å²) in [4.78, 5) is 4.10. The number of hydrogen-bond donors (Lipinski definition) is 0. The predicted octanol–water partition coefficient (Wildman–Crippen LogP) is 4.09. The molecule has 1 atom stereocenters. The molecule has 2 aromatic rings. The predicted molar refractivity (Wildman–Crippen MR) is 81.5 cm³/mol. The molecule has 0 saturated heterocycles. The van der Waals surface area contributed by atoms with E-state index < -0.39 is 5.41 Å². The molecule has 20 heavy (non-hydrogen) atoms. The smallest absolute Gasteiger partial charge is 0.119 e. The number of halogens is 1. The molecule has 2 rings (SSSR count). The zero-order valence-corrected chi connectivity index (χ0v) is 12.8. The summed E-state index contributed by atoms with van der Waals surface area (Å²) in [5.74, 6) is 0.755. The van der Waals surface area contributed by atoms with Gasteiger partial charge in [0, 0.05) is 16.9 Å². The first-order valence-electron chi connectivity index (χ1n) is 6.40. The summed E-state index contributed by atoms with van der Waals surface area (Å²) in [6.45, 7) is 2.30. The van der Waals surface area contributed by atoms with Crippen molar-refractivity contribution in [2.45, 2.75) is 18.8 Å². The molecule has 102 valence electrons. The lowest BCUT2D eigenvalue weighted by Crippen LogP contribution is -2.31. The number of hydrogen-bond acceptors (Lipinski definition) is 3. The first-order valence-corrected chi connectivity index (χ1v) is 7.19. The molecule has 0 radical (unpaired) electrons. The number of aromatic nitrogens is 1. The van der Waals surface area contributed by atoms with Crippen molar-refractivity contribution in [3.8, 4) is 11.8 Å². The summed E-state index contributed by atoms with van der Waals surface area (Å²) in [5, 5.41) is 9.59.